The second kappa shape index (κ2) is 15.8. The molecule has 2 atom stereocenters. The van der Waals surface area contributed by atoms with E-state index < -0.39 is 29.2 Å². The number of likely N-dealkylation sites (tertiary alicyclic amines) is 1. The molecule has 266 valence electrons. The predicted octanol–water partition coefficient (Wildman–Crippen LogP) is 3.56. The molecule has 0 saturated carbocycles. The monoisotopic (exact) mass is 729 g/mol. The number of aromatic nitrogens is 1. The Balaban J connectivity index is 1.14. The van der Waals surface area contributed by atoms with Crippen LogP contribution in [0.2, 0.25) is 0 Å². The lowest BCUT2D eigenvalue weighted by Crippen LogP contribution is -2.71. The van der Waals surface area contributed by atoms with Gasteiger partial charge >= 0.3 is 5.97 Å². The zero-order valence-corrected chi connectivity index (χ0v) is 29.9. The van der Waals surface area contributed by atoms with Crippen LogP contribution in [0.15, 0.2) is 87.3 Å². The molecule has 4 aliphatic rings. The Morgan fingerprint density at radius 2 is 1.98 bits per heavy atom. The number of amides is 2. The van der Waals surface area contributed by atoms with Crippen molar-refractivity contribution in [2.75, 3.05) is 38.2 Å². The number of oxime groups is 1. The fraction of sp³-hybridized carbons (Fsp3) is 0.343. The first-order chi connectivity index (χ1) is 24.7. The minimum absolute atomic E-state index is 0.0754. The van der Waals surface area contributed by atoms with Crippen LogP contribution in [0.3, 0.4) is 0 Å². The van der Waals surface area contributed by atoms with E-state index in [1.165, 1.54) is 30.2 Å². The van der Waals surface area contributed by atoms with Crippen LogP contribution in [0.5, 0.6) is 0 Å². The van der Waals surface area contributed by atoms with E-state index in [1.807, 2.05) is 61.7 Å². The van der Waals surface area contributed by atoms with Gasteiger partial charge in [0, 0.05) is 42.5 Å². The second-order valence-corrected chi connectivity index (χ2v) is 14.1. The quantitative estimate of drug-likeness (QED) is 0.115. The number of aliphatic carboxylic acids is 1. The van der Waals surface area contributed by atoms with Gasteiger partial charge in [-0.15, -0.1) is 23.1 Å². The summed E-state index contributed by atoms with van der Waals surface area (Å²) in [6.07, 6.45) is 13.1. The van der Waals surface area contributed by atoms with E-state index >= 15 is 0 Å². The standard InChI is InChI=1S/C35H39N9O5S2/c1-3-4-8-26-24(13-16-43(26)18-21-9-11-22(12-10-21)30(36)42-14-6-5-7-15-42)38-17-23-19-50-33-28(32(46)44(33)29(23)34(47)48)40-31(45)27(41-49-2)25-20-51-35(37)39-25/h3-4,8-13,16,20,28,33,36H,5-7,14-15,17-19H2,1-2H3,(H2,37,39)(H,40,45)(H,47,48)/b4-3-,26-8+,36-30?,38-24+,41-27-/t28-,33-/m1/s1. The van der Waals surface area contributed by atoms with E-state index in [2.05, 4.69) is 25.3 Å². The molecule has 4 aliphatic heterocycles. The molecule has 1 aromatic heterocycles. The molecule has 14 nitrogen and oxygen atoms in total. The number of hydrogen-bond acceptors (Lipinski definition) is 12. The van der Waals surface area contributed by atoms with Gasteiger partial charge in [-0.05, 0) is 49.5 Å². The molecule has 1 aromatic carbocycles. The number of nitrogens with two attached hydrogens (primary N) is 1. The molecule has 2 fully saturated rings. The number of nitrogens with zero attached hydrogens (tertiary/aromatic N) is 6. The molecule has 2 amide bonds. The molecule has 16 heteroatoms. The topological polar surface area (TPSA) is 190 Å². The summed E-state index contributed by atoms with van der Waals surface area (Å²) in [6, 6.07) is 7.13. The third-order valence-electron chi connectivity index (χ3n) is 8.82. The summed E-state index contributed by atoms with van der Waals surface area (Å²) in [4.78, 5) is 58.0. The largest absolute Gasteiger partial charge is 0.477 e. The number of rotatable bonds is 11. The third kappa shape index (κ3) is 7.61. The molecule has 0 unspecified atom stereocenters. The Labute approximate surface area is 303 Å². The number of carbonyl (C=O) groups excluding carboxylic acids is 2. The number of nitrogen functional groups attached to an aromatic ring is 1. The van der Waals surface area contributed by atoms with Gasteiger partial charge in [-0.2, -0.15) is 0 Å². The lowest BCUT2D eigenvalue weighted by Gasteiger charge is -2.49. The number of β-lactam (4-membered cyclic amide) rings is 1. The average Bonchev–Trinajstić information content (AvgIpc) is 3.75. The van der Waals surface area contributed by atoms with Crippen molar-refractivity contribution in [3.63, 3.8) is 0 Å². The van der Waals surface area contributed by atoms with Crippen LogP contribution < -0.4 is 11.1 Å². The Bertz CT molecular complexity index is 1890. The normalized spacial score (nSPS) is 22.2. The second-order valence-electron chi connectivity index (χ2n) is 12.1. The van der Waals surface area contributed by atoms with Crippen LogP contribution in [0, 0.1) is 5.41 Å². The molecule has 6 rings (SSSR count). The molecular weight excluding hydrogens is 691 g/mol. The number of piperidine rings is 1. The SMILES string of the molecule is C\C=C/C=C1\C(=N\CC2=C(C(=O)O)N3C(=O)[C@@H](NC(=O)/C(=N\OC)c4csc(N)n4)[C@H]3SC2)C=CN1Cc1ccc(C(=N)N2CCCCC2)cc1. The third-order valence-corrected chi connectivity index (χ3v) is 10.8. The van der Waals surface area contributed by atoms with Gasteiger partial charge < -0.3 is 30.8 Å². The molecule has 5 N–H and O–H groups in total. The Morgan fingerprint density at radius 1 is 1.22 bits per heavy atom. The zero-order valence-electron chi connectivity index (χ0n) is 28.2. The maximum absolute atomic E-state index is 13.3. The van der Waals surface area contributed by atoms with Gasteiger partial charge in [0.25, 0.3) is 11.8 Å². The van der Waals surface area contributed by atoms with Crippen molar-refractivity contribution in [2.45, 2.75) is 44.1 Å². The first kappa shape index (κ1) is 35.6. The van der Waals surface area contributed by atoms with Crippen molar-refractivity contribution in [2.24, 2.45) is 10.1 Å². The van der Waals surface area contributed by atoms with Crippen molar-refractivity contribution in [3.8, 4) is 0 Å². The van der Waals surface area contributed by atoms with Crippen molar-refractivity contribution >= 4 is 63.3 Å². The molecule has 2 aromatic rings. The number of benzene rings is 1. The average molecular weight is 730 g/mol. The summed E-state index contributed by atoms with van der Waals surface area (Å²) >= 11 is 2.48. The minimum Gasteiger partial charge on any atom is -0.477 e. The van der Waals surface area contributed by atoms with Gasteiger partial charge in [-0.3, -0.25) is 24.9 Å². The minimum atomic E-state index is -1.24. The summed E-state index contributed by atoms with van der Waals surface area (Å²) in [6.45, 7) is 4.43. The highest BCUT2D eigenvalue weighted by atomic mass is 32.2. The van der Waals surface area contributed by atoms with Crippen molar-refractivity contribution in [3.05, 3.63) is 93.9 Å². The number of carboxylic acids is 1. The predicted molar refractivity (Wildman–Crippen MR) is 198 cm³/mol. The highest BCUT2D eigenvalue weighted by Crippen LogP contribution is 2.40. The number of thiazole rings is 1. The summed E-state index contributed by atoms with van der Waals surface area (Å²) in [7, 11) is 1.28. The van der Waals surface area contributed by atoms with Crippen molar-refractivity contribution in [1.29, 1.82) is 5.41 Å². The molecule has 0 aliphatic carbocycles. The molecule has 5 heterocycles. The molecule has 0 radical (unpaired) electrons. The van der Waals surface area contributed by atoms with E-state index in [1.54, 1.807) is 5.38 Å². The lowest BCUT2D eigenvalue weighted by atomic mass is 10.0. The Kier molecular flexibility index (Phi) is 11.0. The van der Waals surface area contributed by atoms with Gasteiger partial charge in [-0.1, -0.05) is 41.6 Å². The van der Waals surface area contributed by atoms with E-state index in [4.69, 9.17) is 21.0 Å². The fourth-order valence-electron chi connectivity index (χ4n) is 6.27. The summed E-state index contributed by atoms with van der Waals surface area (Å²) < 4.78 is 0. The number of carbonyl (C=O) groups is 3. The van der Waals surface area contributed by atoms with Crippen LogP contribution in [0.1, 0.15) is 43.0 Å². The highest BCUT2D eigenvalue weighted by Gasteiger charge is 2.54. The maximum atomic E-state index is 13.3. The number of carboxylic acid groups (broad SMARTS) is 1. The Morgan fingerprint density at radius 3 is 2.65 bits per heavy atom. The number of aliphatic imine (C=N–C) groups is 1. The van der Waals surface area contributed by atoms with Crippen LogP contribution in [0.4, 0.5) is 5.13 Å². The van der Waals surface area contributed by atoms with Gasteiger partial charge in [0.2, 0.25) is 0 Å². The number of allylic oxidation sites excluding steroid dienone is 4. The first-order valence-electron chi connectivity index (χ1n) is 16.5. The lowest BCUT2D eigenvalue weighted by molar-refractivity contribution is -0.150. The Hall–Kier alpha value is -5.22. The van der Waals surface area contributed by atoms with Crippen LogP contribution in [0.25, 0.3) is 0 Å². The van der Waals surface area contributed by atoms with Gasteiger partial charge in [0.15, 0.2) is 10.8 Å². The van der Waals surface area contributed by atoms with Crippen molar-refractivity contribution in [1.82, 2.24) is 25.0 Å². The molecule has 51 heavy (non-hydrogen) atoms. The summed E-state index contributed by atoms with van der Waals surface area (Å²) in [5.41, 5.74) is 9.66. The first-order valence-corrected chi connectivity index (χ1v) is 18.4. The summed E-state index contributed by atoms with van der Waals surface area (Å²) in [5, 5.41) is 26.4. The van der Waals surface area contributed by atoms with E-state index in [0.29, 0.717) is 29.4 Å². The van der Waals surface area contributed by atoms with Gasteiger partial charge in [-0.25, -0.2) is 9.78 Å². The number of nitrogens with one attached hydrogen (secondary N) is 2. The van der Waals surface area contributed by atoms with Crippen LogP contribution in [-0.4, -0.2) is 104 Å². The highest BCUT2D eigenvalue weighted by molar-refractivity contribution is 8.00. The number of hydrogen-bond donors (Lipinski definition) is 4. The number of amidine groups is 1. The zero-order chi connectivity index (χ0) is 36.1. The molecule has 0 bridgehead atoms. The summed E-state index contributed by atoms with van der Waals surface area (Å²) in [5.74, 6) is -1.60. The van der Waals surface area contributed by atoms with Gasteiger partial charge in [0.1, 0.15) is 35.8 Å². The van der Waals surface area contributed by atoms with Crippen LogP contribution in [-0.2, 0) is 25.8 Å². The van der Waals surface area contributed by atoms with E-state index in [0.717, 1.165) is 54.1 Å². The van der Waals surface area contributed by atoms with E-state index in [9.17, 15) is 19.5 Å². The molecular formula is C35H39N9O5S2. The van der Waals surface area contributed by atoms with Crippen molar-refractivity contribution < 1.29 is 24.3 Å². The van der Waals surface area contributed by atoms with E-state index in [-0.39, 0.29) is 28.8 Å². The van der Waals surface area contributed by atoms with Crippen LogP contribution >= 0.6 is 23.1 Å². The molecule has 2 saturated heterocycles. The number of fused-ring (bicyclic) bond motifs is 1. The number of thioether (sulfide) groups is 1. The smallest absolute Gasteiger partial charge is 0.352 e. The fourth-order valence-corrected chi connectivity index (χ4v) is 8.15. The number of anilines is 1. The molecule has 0 spiro atoms. The van der Waals surface area contributed by atoms with Gasteiger partial charge in [0.05, 0.1) is 18.0 Å². The maximum Gasteiger partial charge on any atom is 0.352 e.